The highest BCUT2D eigenvalue weighted by Crippen LogP contribution is 2.39. The first-order chi connectivity index (χ1) is 10.3. The van der Waals surface area contributed by atoms with Crippen molar-refractivity contribution in [2.24, 2.45) is 0 Å². The van der Waals surface area contributed by atoms with Crippen molar-refractivity contribution in [2.45, 2.75) is 87.4 Å². The standard InChI is InChI=1S/C19H30OS/c1-2-3-4-5-6-7-8-9-13-17(20)19-15-16-12-10-11-14-18(16)21-19/h10-12,14,17,19-20H,2-9,13,15H2,1H3. The Kier molecular flexibility index (Phi) is 7.66. The Morgan fingerprint density at radius 3 is 2.43 bits per heavy atom. The van der Waals surface area contributed by atoms with E-state index < -0.39 is 0 Å². The SMILES string of the molecule is CCCCCCCCCCC(O)C1Cc2ccccc2S1. The lowest BCUT2D eigenvalue weighted by atomic mass is 10.0. The Morgan fingerprint density at radius 1 is 1.05 bits per heavy atom. The second-order valence-electron chi connectivity index (χ2n) is 6.30. The molecule has 1 heterocycles. The van der Waals surface area contributed by atoms with Gasteiger partial charge in [0.2, 0.25) is 0 Å². The van der Waals surface area contributed by atoms with Crippen LogP contribution >= 0.6 is 11.8 Å². The molecule has 0 amide bonds. The number of aliphatic hydroxyl groups excluding tert-OH is 1. The van der Waals surface area contributed by atoms with Crippen LogP contribution in [0.1, 0.15) is 70.3 Å². The van der Waals surface area contributed by atoms with Gasteiger partial charge in [0.25, 0.3) is 0 Å². The van der Waals surface area contributed by atoms with Crippen LogP contribution in [0.4, 0.5) is 0 Å². The van der Waals surface area contributed by atoms with Crippen LogP contribution in [0.5, 0.6) is 0 Å². The van der Waals surface area contributed by atoms with E-state index in [0.717, 1.165) is 12.8 Å². The first-order valence-corrected chi connectivity index (χ1v) is 9.62. The fourth-order valence-corrected chi connectivity index (χ4v) is 4.44. The van der Waals surface area contributed by atoms with Crippen molar-refractivity contribution in [1.82, 2.24) is 0 Å². The summed E-state index contributed by atoms with van der Waals surface area (Å²) in [6.45, 7) is 2.26. The van der Waals surface area contributed by atoms with Crippen molar-refractivity contribution >= 4 is 11.8 Å². The summed E-state index contributed by atoms with van der Waals surface area (Å²) in [6, 6.07) is 8.58. The third-order valence-corrected chi connectivity index (χ3v) is 5.89. The van der Waals surface area contributed by atoms with Crippen LogP contribution in [0.25, 0.3) is 0 Å². The van der Waals surface area contributed by atoms with Gasteiger partial charge in [0.1, 0.15) is 0 Å². The van der Waals surface area contributed by atoms with Crippen molar-refractivity contribution in [3.8, 4) is 0 Å². The predicted molar refractivity (Wildman–Crippen MR) is 93.0 cm³/mol. The van der Waals surface area contributed by atoms with Crippen molar-refractivity contribution < 1.29 is 5.11 Å². The van der Waals surface area contributed by atoms with E-state index in [1.807, 2.05) is 11.8 Å². The van der Waals surface area contributed by atoms with Gasteiger partial charge in [-0.05, 0) is 24.5 Å². The number of rotatable bonds is 10. The average molecular weight is 307 g/mol. The van der Waals surface area contributed by atoms with Gasteiger partial charge in [0.05, 0.1) is 6.10 Å². The highest BCUT2D eigenvalue weighted by Gasteiger charge is 2.27. The number of hydrogen-bond donors (Lipinski definition) is 1. The second kappa shape index (κ2) is 9.53. The summed E-state index contributed by atoms with van der Waals surface area (Å²) in [5.74, 6) is 0. The summed E-state index contributed by atoms with van der Waals surface area (Å²) in [5.41, 5.74) is 1.42. The molecule has 1 aromatic carbocycles. The minimum absolute atomic E-state index is 0.137. The zero-order valence-corrected chi connectivity index (χ0v) is 14.2. The first-order valence-electron chi connectivity index (χ1n) is 8.74. The zero-order chi connectivity index (χ0) is 14.9. The molecule has 21 heavy (non-hydrogen) atoms. The van der Waals surface area contributed by atoms with Crippen molar-refractivity contribution in [3.63, 3.8) is 0 Å². The molecule has 2 atom stereocenters. The topological polar surface area (TPSA) is 20.2 Å². The van der Waals surface area contributed by atoms with Crippen LogP contribution in [0, 0.1) is 0 Å². The predicted octanol–water partition coefficient (Wildman–Crippen LogP) is 5.60. The smallest absolute Gasteiger partial charge is 0.0665 e. The number of unbranched alkanes of at least 4 members (excludes halogenated alkanes) is 7. The number of hydrogen-bond acceptors (Lipinski definition) is 2. The van der Waals surface area contributed by atoms with Gasteiger partial charge in [-0.15, -0.1) is 11.8 Å². The highest BCUT2D eigenvalue weighted by atomic mass is 32.2. The molecule has 2 heteroatoms. The quantitative estimate of drug-likeness (QED) is 0.568. The summed E-state index contributed by atoms with van der Waals surface area (Å²) in [7, 11) is 0. The Labute approximate surface area is 134 Å². The Balaban J connectivity index is 1.54. The van der Waals surface area contributed by atoms with Gasteiger partial charge in [-0.25, -0.2) is 0 Å². The zero-order valence-electron chi connectivity index (χ0n) is 13.4. The van der Waals surface area contributed by atoms with Crippen LogP contribution in [-0.4, -0.2) is 16.5 Å². The first kappa shape index (κ1) is 16.9. The fraction of sp³-hybridized carbons (Fsp3) is 0.684. The van der Waals surface area contributed by atoms with E-state index in [1.165, 1.54) is 61.8 Å². The van der Waals surface area contributed by atoms with E-state index in [2.05, 4.69) is 31.2 Å². The summed E-state index contributed by atoms with van der Waals surface area (Å²) in [4.78, 5) is 1.37. The maximum atomic E-state index is 10.4. The molecule has 118 valence electrons. The molecule has 0 aromatic heterocycles. The molecule has 2 unspecified atom stereocenters. The van der Waals surface area contributed by atoms with Crippen LogP contribution in [-0.2, 0) is 6.42 Å². The monoisotopic (exact) mass is 306 g/mol. The fourth-order valence-electron chi connectivity index (χ4n) is 3.10. The molecule has 0 spiro atoms. The number of aliphatic hydroxyl groups is 1. The third-order valence-electron chi connectivity index (χ3n) is 4.45. The minimum Gasteiger partial charge on any atom is -0.392 e. The van der Waals surface area contributed by atoms with Crippen LogP contribution in [0.2, 0.25) is 0 Å². The van der Waals surface area contributed by atoms with Crippen molar-refractivity contribution in [2.75, 3.05) is 0 Å². The van der Waals surface area contributed by atoms with Crippen LogP contribution in [0.15, 0.2) is 29.2 Å². The lowest BCUT2D eigenvalue weighted by molar-refractivity contribution is 0.158. The molecule has 0 saturated carbocycles. The molecule has 1 N–H and O–H groups in total. The lowest BCUT2D eigenvalue weighted by Crippen LogP contribution is -2.22. The maximum Gasteiger partial charge on any atom is 0.0665 e. The molecular weight excluding hydrogens is 276 g/mol. The normalized spacial score (nSPS) is 18.7. The highest BCUT2D eigenvalue weighted by molar-refractivity contribution is 8.00. The molecular formula is C19H30OS. The summed E-state index contributed by atoms with van der Waals surface area (Å²) in [6.07, 6.45) is 12.6. The summed E-state index contributed by atoms with van der Waals surface area (Å²) < 4.78 is 0. The second-order valence-corrected chi connectivity index (χ2v) is 7.58. The minimum atomic E-state index is -0.137. The molecule has 1 nitrogen and oxygen atoms in total. The van der Waals surface area contributed by atoms with Gasteiger partial charge >= 0.3 is 0 Å². The Hall–Kier alpha value is -0.470. The van der Waals surface area contributed by atoms with Crippen molar-refractivity contribution in [3.05, 3.63) is 29.8 Å². The summed E-state index contributed by atoms with van der Waals surface area (Å²) in [5, 5.41) is 10.8. The maximum absolute atomic E-state index is 10.4. The van der Waals surface area contributed by atoms with E-state index in [1.54, 1.807) is 0 Å². The van der Waals surface area contributed by atoms with Gasteiger partial charge in [-0.3, -0.25) is 0 Å². The van der Waals surface area contributed by atoms with E-state index >= 15 is 0 Å². The van der Waals surface area contributed by atoms with E-state index in [-0.39, 0.29) is 6.10 Å². The van der Waals surface area contributed by atoms with E-state index in [9.17, 15) is 5.11 Å². The van der Waals surface area contributed by atoms with Gasteiger partial charge in [-0.2, -0.15) is 0 Å². The van der Waals surface area contributed by atoms with Crippen molar-refractivity contribution in [1.29, 1.82) is 0 Å². The molecule has 0 radical (unpaired) electrons. The Morgan fingerprint density at radius 2 is 1.71 bits per heavy atom. The van der Waals surface area contributed by atoms with Gasteiger partial charge in [-0.1, -0.05) is 76.5 Å². The molecule has 1 aliphatic rings. The molecule has 0 aliphatic carbocycles. The molecule has 1 aliphatic heterocycles. The van der Waals surface area contributed by atoms with E-state index in [4.69, 9.17) is 0 Å². The van der Waals surface area contributed by atoms with Crippen LogP contribution < -0.4 is 0 Å². The number of fused-ring (bicyclic) bond motifs is 1. The average Bonchev–Trinajstić information content (AvgIpc) is 2.94. The molecule has 2 rings (SSSR count). The molecule has 0 fully saturated rings. The van der Waals surface area contributed by atoms with Crippen LogP contribution in [0.3, 0.4) is 0 Å². The molecule has 1 aromatic rings. The van der Waals surface area contributed by atoms with E-state index in [0.29, 0.717) is 5.25 Å². The third kappa shape index (κ3) is 5.67. The number of thioether (sulfide) groups is 1. The van der Waals surface area contributed by atoms with Gasteiger partial charge < -0.3 is 5.11 Å². The molecule has 0 bridgehead atoms. The van der Waals surface area contributed by atoms with Gasteiger partial charge in [0.15, 0.2) is 0 Å². The molecule has 0 saturated heterocycles. The Bertz CT molecular complexity index is 379. The van der Waals surface area contributed by atoms with Gasteiger partial charge in [0, 0.05) is 10.1 Å². The summed E-state index contributed by atoms with van der Waals surface area (Å²) >= 11 is 1.87. The lowest BCUT2D eigenvalue weighted by Gasteiger charge is -2.16. The number of benzene rings is 1. The largest absolute Gasteiger partial charge is 0.392 e.